The number of hydrogen-bond donors (Lipinski definition) is 1. The summed E-state index contributed by atoms with van der Waals surface area (Å²) >= 11 is 6.70. The lowest BCUT2D eigenvalue weighted by Gasteiger charge is -2.14. The van der Waals surface area contributed by atoms with E-state index in [1.807, 2.05) is 60.7 Å². The van der Waals surface area contributed by atoms with Gasteiger partial charge in [0.25, 0.3) is 5.91 Å². The van der Waals surface area contributed by atoms with E-state index in [4.69, 9.17) is 21.7 Å². The Morgan fingerprint density at radius 1 is 1.03 bits per heavy atom. The number of amides is 2. The van der Waals surface area contributed by atoms with Crippen LogP contribution in [0.1, 0.15) is 24.0 Å². The Hall–Kier alpha value is -3.62. The van der Waals surface area contributed by atoms with Crippen LogP contribution in [0.4, 0.5) is 5.69 Å². The van der Waals surface area contributed by atoms with Crippen LogP contribution in [0.5, 0.6) is 11.5 Å². The molecule has 3 aromatic rings. The van der Waals surface area contributed by atoms with E-state index in [1.165, 1.54) is 11.8 Å². The molecule has 1 aliphatic heterocycles. The highest BCUT2D eigenvalue weighted by Crippen LogP contribution is 2.33. The largest absolute Gasteiger partial charge is 0.497 e. The first-order valence-electron chi connectivity index (χ1n) is 11.5. The summed E-state index contributed by atoms with van der Waals surface area (Å²) in [5.41, 5.74) is 2.64. The van der Waals surface area contributed by atoms with Gasteiger partial charge in [0.05, 0.1) is 12.0 Å². The maximum atomic E-state index is 12.9. The van der Waals surface area contributed by atoms with Gasteiger partial charge in [-0.2, -0.15) is 0 Å². The van der Waals surface area contributed by atoms with E-state index in [1.54, 1.807) is 36.3 Å². The van der Waals surface area contributed by atoms with Crippen LogP contribution in [0.15, 0.2) is 83.8 Å². The predicted octanol–water partition coefficient (Wildman–Crippen LogP) is 5.89. The van der Waals surface area contributed by atoms with Gasteiger partial charge in [-0.05, 0) is 60.0 Å². The van der Waals surface area contributed by atoms with Crippen molar-refractivity contribution in [3.05, 3.63) is 94.9 Å². The molecule has 0 aliphatic carbocycles. The Bertz CT molecular complexity index is 1260. The second kappa shape index (κ2) is 12.4. The van der Waals surface area contributed by atoms with Crippen LogP contribution >= 0.6 is 24.0 Å². The lowest BCUT2D eigenvalue weighted by molar-refractivity contribution is -0.122. The van der Waals surface area contributed by atoms with Gasteiger partial charge in [-0.1, -0.05) is 66.4 Å². The van der Waals surface area contributed by atoms with Crippen LogP contribution in [-0.4, -0.2) is 34.7 Å². The molecule has 0 atom stereocenters. The Morgan fingerprint density at radius 2 is 1.81 bits per heavy atom. The molecule has 0 spiro atoms. The number of ether oxygens (including phenoxy) is 2. The van der Waals surface area contributed by atoms with Gasteiger partial charge < -0.3 is 14.8 Å². The molecule has 1 fully saturated rings. The maximum absolute atomic E-state index is 12.9. The summed E-state index contributed by atoms with van der Waals surface area (Å²) in [4.78, 5) is 27.3. The molecular weight excluding hydrogens is 492 g/mol. The molecule has 1 saturated heterocycles. The van der Waals surface area contributed by atoms with Gasteiger partial charge in [0.1, 0.15) is 22.4 Å². The van der Waals surface area contributed by atoms with E-state index in [0.29, 0.717) is 34.5 Å². The van der Waals surface area contributed by atoms with Crippen molar-refractivity contribution in [1.82, 2.24) is 4.90 Å². The summed E-state index contributed by atoms with van der Waals surface area (Å²) in [5, 5.41) is 2.85. The van der Waals surface area contributed by atoms with E-state index in [9.17, 15) is 9.59 Å². The third kappa shape index (κ3) is 6.96. The molecule has 0 radical (unpaired) electrons. The molecule has 1 heterocycles. The fourth-order valence-corrected chi connectivity index (χ4v) is 4.88. The number of thioether (sulfide) groups is 1. The summed E-state index contributed by atoms with van der Waals surface area (Å²) in [6.45, 7) is 0.858. The maximum Gasteiger partial charge on any atom is 0.266 e. The van der Waals surface area contributed by atoms with Crippen molar-refractivity contribution in [2.24, 2.45) is 0 Å². The van der Waals surface area contributed by atoms with Crippen molar-refractivity contribution in [3.8, 4) is 11.5 Å². The molecule has 36 heavy (non-hydrogen) atoms. The summed E-state index contributed by atoms with van der Waals surface area (Å²) in [5.74, 6) is 1.19. The Kier molecular flexibility index (Phi) is 8.76. The summed E-state index contributed by atoms with van der Waals surface area (Å²) in [6.07, 6.45) is 2.61. The van der Waals surface area contributed by atoms with Gasteiger partial charge >= 0.3 is 0 Å². The fourth-order valence-electron chi connectivity index (χ4n) is 3.57. The molecule has 1 N–H and O–H groups in total. The molecule has 4 rings (SSSR count). The minimum Gasteiger partial charge on any atom is -0.497 e. The molecule has 0 aromatic heterocycles. The number of anilines is 1. The summed E-state index contributed by atoms with van der Waals surface area (Å²) in [7, 11) is 1.59. The fraction of sp³-hybridized carbons (Fsp3) is 0.179. The van der Waals surface area contributed by atoms with Gasteiger partial charge in [-0.3, -0.25) is 14.5 Å². The number of thiocarbonyl (C=S) groups is 1. The van der Waals surface area contributed by atoms with E-state index in [-0.39, 0.29) is 18.2 Å². The van der Waals surface area contributed by atoms with E-state index >= 15 is 0 Å². The molecule has 0 saturated carbocycles. The van der Waals surface area contributed by atoms with Crippen molar-refractivity contribution in [3.63, 3.8) is 0 Å². The molecule has 184 valence electrons. The first kappa shape index (κ1) is 25.5. The third-order valence-electron chi connectivity index (χ3n) is 5.44. The number of carbonyl (C=O) groups is 2. The highest BCUT2D eigenvalue weighted by atomic mass is 32.2. The zero-order valence-corrected chi connectivity index (χ0v) is 21.4. The quantitative estimate of drug-likeness (QED) is 0.267. The summed E-state index contributed by atoms with van der Waals surface area (Å²) in [6, 6.07) is 24.7. The molecule has 6 nitrogen and oxygen atoms in total. The lowest BCUT2D eigenvalue weighted by Crippen LogP contribution is -2.29. The Labute approximate surface area is 220 Å². The van der Waals surface area contributed by atoms with Crippen LogP contribution in [0.25, 0.3) is 6.08 Å². The van der Waals surface area contributed by atoms with Crippen LogP contribution in [0.3, 0.4) is 0 Å². The van der Waals surface area contributed by atoms with Crippen LogP contribution in [0.2, 0.25) is 0 Å². The predicted molar refractivity (Wildman–Crippen MR) is 148 cm³/mol. The molecule has 8 heteroatoms. The van der Waals surface area contributed by atoms with Gasteiger partial charge in [0.2, 0.25) is 5.91 Å². The highest BCUT2D eigenvalue weighted by molar-refractivity contribution is 8.26. The number of nitrogens with one attached hydrogen (secondary N) is 1. The average molecular weight is 519 g/mol. The van der Waals surface area contributed by atoms with Crippen LogP contribution < -0.4 is 14.8 Å². The topological polar surface area (TPSA) is 67.9 Å². The lowest BCUT2D eigenvalue weighted by atomic mass is 10.2. The molecule has 3 aromatic carbocycles. The number of methoxy groups -OCH3 is 1. The van der Waals surface area contributed by atoms with E-state index in [2.05, 4.69) is 5.32 Å². The van der Waals surface area contributed by atoms with Crippen molar-refractivity contribution in [2.75, 3.05) is 19.0 Å². The number of benzene rings is 3. The van der Waals surface area contributed by atoms with Gasteiger partial charge in [0, 0.05) is 18.7 Å². The van der Waals surface area contributed by atoms with Crippen molar-refractivity contribution < 1.29 is 19.1 Å². The monoisotopic (exact) mass is 518 g/mol. The molecular formula is C28H26N2O4S2. The smallest absolute Gasteiger partial charge is 0.266 e. The third-order valence-corrected chi connectivity index (χ3v) is 6.81. The SMILES string of the molecule is COc1ccc(NC(=O)CCCN2C(=O)/C(=C/c3cccc(OCc4ccccc4)c3)SC2=S)cc1. The van der Waals surface area contributed by atoms with E-state index in [0.717, 1.165) is 22.6 Å². The van der Waals surface area contributed by atoms with Gasteiger partial charge in [-0.25, -0.2) is 0 Å². The average Bonchev–Trinajstić information content (AvgIpc) is 3.16. The normalized spacial score (nSPS) is 14.2. The van der Waals surface area contributed by atoms with Gasteiger partial charge in [0.15, 0.2) is 0 Å². The Balaban J connectivity index is 1.29. The van der Waals surface area contributed by atoms with Gasteiger partial charge in [-0.15, -0.1) is 0 Å². The number of rotatable bonds is 10. The molecule has 1 aliphatic rings. The van der Waals surface area contributed by atoms with Crippen molar-refractivity contribution >= 4 is 51.9 Å². The number of carbonyl (C=O) groups excluding carboxylic acids is 2. The minimum atomic E-state index is -0.142. The first-order chi connectivity index (χ1) is 17.5. The zero-order valence-electron chi connectivity index (χ0n) is 19.8. The zero-order chi connectivity index (χ0) is 25.3. The number of nitrogens with zero attached hydrogens (tertiary/aromatic N) is 1. The second-order valence-electron chi connectivity index (χ2n) is 8.06. The standard InChI is InChI=1S/C28H26N2O4S2/c1-33-23-14-12-22(13-15-23)29-26(31)11-6-16-30-27(32)25(36-28(30)35)18-21-9-5-10-24(17-21)34-19-20-7-3-2-4-8-20/h2-5,7-10,12-15,17-18H,6,11,16,19H2,1H3,(H,29,31)/b25-18-. The number of hydrogen-bond acceptors (Lipinski definition) is 6. The Morgan fingerprint density at radius 3 is 2.56 bits per heavy atom. The van der Waals surface area contributed by atoms with Crippen molar-refractivity contribution in [2.45, 2.75) is 19.4 Å². The van der Waals surface area contributed by atoms with E-state index < -0.39 is 0 Å². The summed E-state index contributed by atoms with van der Waals surface area (Å²) < 4.78 is 11.5. The van der Waals surface area contributed by atoms with Crippen LogP contribution in [-0.2, 0) is 16.2 Å². The second-order valence-corrected chi connectivity index (χ2v) is 9.74. The van der Waals surface area contributed by atoms with Crippen LogP contribution in [0, 0.1) is 0 Å². The molecule has 2 amide bonds. The molecule has 0 bridgehead atoms. The first-order valence-corrected chi connectivity index (χ1v) is 12.7. The van der Waals surface area contributed by atoms with Crippen molar-refractivity contribution in [1.29, 1.82) is 0 Å². The minimum absolute atomic E-state index is 0.117. The molecule has 0 unspecified atom stereocenters. The highest BCUT2D eigenvalue weighted by Gasteiger charge is 2.31.